The average molecular weight is 301 g/mol. The van der Waals surface area contributed by atoms with Gasteiger partial charge in [0, 0.05) is 5.56 Å². The molecule has 0 aliphatic carbocycles. The van der Waals surface area contributed by atoms with Crippen molar-refractivity contribution < 1.29 is 24.2 Å². The highest BCUT2D eigenvalue weighted by molar-refractivity contribution is 5.97. The van der Waals surface area contributed by atoms with Gasteiger partial charge in [0.05, 0.1) is 18.7 Å². The molecular formula is C16H15NO5. The van der Waals surface area contributed by atoms with E-state index >= 15 is 0 Å². The van der Waals surface area contributed by atoms with Crippen molar-refractivity contribution >= 4 is 11.9 Å². The third kappa shape index (κ3) is 3.91. The average Bonchev–Trinajstić information content (AvgIpc) is 2.55. The molecule has 0 atom stereocenters. The molecular weight excluding hydrogens is 286 g/mol. The summed E-state index contributed by atoms with van der Waals surface area (Å²) in [6.45, 7) is -0.706. The summed E-state index contributed by atoms with van der Waals surface area (Å²) in [5, 5.41) is 9.41. The minimum Gasteiger partial charge on any atom is -0.457 e. The van der Waals surface area contributed by atoms with Crippen LogP contribution >= 0.6 is 0 Å². The lowest BCUT2D eigenvalue weighted by atomic mass is 10.1. The zero-order valence-electron chi connectivity index (χ0n) is 11.7. The Kier molecular flexibility index (Phi) is 5.24. The largest absolute Gasteiger partial charge is 0.457 e. The predicted molar refractivity (Wildman–Crippen MR) is 78.4 cm³/mol. The lowest BCUT2D eigenvalue weighted by Crippen LogP contribution is -2.20. The molecule has 0 aliphatic rings. The number of aliphatic hydroxyl groups is 1. The first-order chi connectivity index (χ1) is 10.6. The quantitative estimate of drug-likeness (QED) is 0.643. The highest BCUT2D eigenvalue weighted by Gasteiger charge is 2.14. The van der Waals surface area contributed by atoms with Gasteiger partial charge in [0.1, 0.15) is 11.5 Å². The number of esters is 2. The van der Waals surface area contributed by atoms with Gasteiger partial charge in [0.15, 0.2) is 0 Å². The molecule has 2 aromatic rings. The van der Waals surface area contributed by atoms with E-state index in [4.69, 9.17) is 10.5 Å². The second-order valence-corrected chi connectivity index (χ2v) is 4.36. The van der Waals surface area contributed by atoms with Crippen LogP contribution in [-0.4, -0.2) is 23.6 Å². The predicted octanol–water partition coefficient (Wildman–Crippen LogP) is 1.61. The first-order valence-corrected chi connectivity index (χ1v) is 6.56. The first kappa shape index (κ1) is 15.7. The van der Waals surface area contributed by atoms with E-state index in [1.165, 1.54) is 18.2 Å². The number of para-hydroxylation sites is 1. The second kappa shape index (κ2) is 7.35. The molecule has 0 unspecified atom stereocenters. The Hall–Kier alpha value is -2.70. The third-order valence-corrected chi connectivity index (χ3v) is 2.81. The Bertz CT molecular complexity index is 669. The molecule has 0 bridgehead atoms. The summed E-state index contributed by atoms with van der Waals surface area (Å²) in [5.41, 5.74) is 5.61. The zero-order chi connectivity index (χ0) is 15.9. The topological polar surface area (TPSA) is 98.9 Å². The number of benzene rings is 2. The molecule has 0 radical (unpaired) electrons. The van der Waals surface area contributed by atoms with Gasteiger partial charge in [0.25, 0.3) is 0 Å². The normalized spacial score (nSPS) is 10.1. The lowest BCUT2D eigenvalue weighted by Gasteiger charge is -2.11. The van der Waals surface area contributed by atoms with Crippen LogP contribution in [0.5, 0.6) is 11.5 Å². The number of carbonyl (C=O) groups excluding carboxylic acids is 2. The molecule has 6 heteroatoms. The van der Waals surface area contributed by atoms with Crippen molar-refractivity contribution in [3.8, 4) is 11.5 Å². The maximum atomic E-state index is 11.7. The molecule has 0 fully saturated rings. The van der Waals surface area contributed by atoms with Gasteiger partial charge in [0.2, 0.25) is 0 Å². The molecule has 2 rings (SSSR count). The fourth-order valence-electron chi connectivity index (χ4n) is 1.75. The number of ether oxygens (including phenoxy) is 2. The molecule has 0 amide bonds. The van der Waals surface area contributed by atoms with Gasteiger partial charge in [-0.15, -0.1) is 0 Å². The summed E-state index contributed by atoms with van der Waals surface area (Å²) in [7, 11) is 0. The standard InChI is InChI=1S/C16H15NO5/c17-9-15(19)22-16(20)11-6-7-14(12(8-11)10-18)21-13-4-2-1-3-5-13/h1-8,18H,9-10,17H2. The van der Waals surface area contributed by atoms with Gasteiger partial charge in [-0.1, -0.05) is 18.2 Å². The summed E-state index contributed by atoms with van der Waals surface area (Å²) >= 11 is 0. The molecule has 2 aromatic carbocycles. The van der Waals surface area contributed by atoms with E-state index in [0.717, 1.165) is 0 Å². The number of hydrogen-bond acceptors (Lipinski definition) is 6. The molecule has 3 N–H and O–H groups in total. The number of hydrogen-bond donors (Lipinski definition) is 2. The van der Waals surface area contributed by atoms with Crippen molar-refractivity contribution in [1.29, 1.82) is 0 Å². The number of nitrogens with two attached hydrogens (primary N) is 1. The molecule has 0 saturated heterocycles. The van der Waals surface area contributed by atoms with Crippen LogP contribution in [0.25, 0.3) is 0 Å². The van der Waals surface area contributed by atoms with Crippen molar-refractivity contribution in [3.05, 3.63) is 59.7 Å². The zero-order valence-corrected chi connectivity index (χ0v) is 11.7. The Morgan fingerprint density at radius 3 is 2.45 bits per heavy atom. The van der Waals surface area contributed by atoms with E-state index in [1.807, 2.05) is 18.2 Å². The lowest BCUT2D eigenvalue weighted by molar-refractivity contribution is -0.136. The van der Waals surface area contributed by atoms with E-state index in [1.54, 1.807) is 12.1 Å². The SMILES string of the molecule is NCC(=O)OC(=O)c1ccc(Oc2ccccc2)c(CO)c1. The minimum absolute atomic E-state index is 0.131. The maximum absolute atomic E-state index is 11.7. The van der Waals surface area contributed by atoms with Gasteiger partial charge >= 0.3 is 11.9 Å². The summed E-state index contributed by atoms with van der Waals surface area (Å²) in [5.74, 6) is -0.627. The van der Waals surface area contributed by atoms with E-state index in [0.29, 0.717) is 17.1 Å². The van der Waals surface area contributed by atoms with Gasteiger partial charge in [-0.05, 0) is 30.3 Å². The molecule has 0 heterocycles. The fourth-order valence-corrected chi connectivity index (χ4v) is 1.75. The molecule has 6 nitrogen and oxygen atoms in total. The van der Waals surface area contributed by atoms with Crippen LogP contribution in [0.1, 0.15) is 15.9 Å². The van der Waals surface area contributed by atoms with Crippen LogP contribution in [0.3, 0.4) is 0 Å². The van der Waals surface area contributed by atoms with Gasteiger partial charge < -0.3 is 20.3 Å². The number of rotatable bonds is 5. The van der Waals surface area contributed by atoms with Crippen molar-refractivity contribution in [3.63, 3.8) is 0 Å². The molecule has 114 valence electrons. The Balaban J connectivity index is 2.20. The van der Waals surface area contributed by atoms with Gasteiger partial charge in [-0.2, -0.15) is 0 Å². The van der Waals surface area contributed by atoms with Crippen molar-refractivity contribution in [2.24, 2.45) is 5.73 Å². The van der Waals surface area contributed by atoms with E-state index in [2.05, 4.69) is 4.74 Å². The van der Waals surface area contributed by atoms with Gasteiger partial charge in [-0.3, -0.25) is 4.79 Å². The highest BCUT2D eigenvalue weighted by Crippen LogP contribution is 2.26. The Morgan fingerprint density at radius 1 is 1.09 bits per heavy atom. The number of aliphatic hydroxyl groups excluding tert-OH is 1. The van der Waals surface area contributed by atoms with Crippen molar-refractivity contribution in [2.45, 2.75) is 6.61 Å². The molecule has 22 heavy (non-hydrogen) atoms. The number of carbonyl (C=O) groups is 2. The Labute approximate surface area is 127 Å². The van der Waals surface area contributed by atoms with E-state index < -0.39 is 11.9 Å². The molecule has 0 spiro atoms. The smallest absolute Gasteiger partial charge is 0.345 e. The van der Waals surface area contributed by atoms with E-state index in [-0.39, 0.29) is 18.7 Å². The molecule has 0 saturated carbocycles. The third-order valence-electron chi connectivity index (χ3n) is 2.81. The van der Waals surface area contributed by atoms with Crippen LogP contribution in [0, 0.1) is 0 Å². The van der Waals surface area contributed by atoms with Crippen molar-refractivity contribution in [1.82, 2.24) is 0 Å². The van der Waals surface area contributed by atoms with Gasteiger partial charge in [-0.25, -0.2) is 4.79 Å². The second-order valence-electron chi connectivity index (χ2n) is 4.36. The maximum Gasteiger partial charge on any atom is 0.345 e. The highest BCUT2D eigenvalue weighted by atomic mass is 16.6. The molecule has 0 aromatic heterocycles. The van der Waals surface area contributed by atoms with Crippen molar-refractivity contribution in [2.75, 3.05) is 6.54 Å². The Morgan fingerprint density at radius 2 is 1.82 bits per heavy atom. The van der Waals surface area contributed by atoms with Crippen LogP contribution in [0.4, 0.5) is 0 Å². The monoisotopic (exact) mass is 301 g/mol. The van der Waals surface area contributed by atoms with Crippen LogP contribution in [0.2, 0.25) is 0 Å². The fraction of sp³-hybridized carbons (Fsp3) is 0.125. The first-order valence-electron chi connectivity index (χ1n) is 6.56. The van der Waals surface area contributed by atoms with Crippen LogP contribution < -0.4 is 10.5 Å². The van der Waals surface area contributed by atoms with Crippen LogP contribution in [0.15, 0.2) is 48.5 Å². The summed E-state index contributed by atoms with van der Waals surface area (Å²) < 4.78 is 10.2. The minimum atomic E-state index is -0.823. The van der Waals surface area contributed by atoms with E-state index in [9.17, 15) is 14.7 Å². The summed E-state index contributed by atoms with van der Waals surface area (Å²) in [6, 6.07) is 13.4. The summed E-state index contributed by atoms with van der Waals surface area (Å²) in [4.78, 5) is 22.7. The van der Waals surface area contributed by atoms with Crippen LogP contribution in [-0.2, 0) is 16.1 Å². The molecule has 0 aliphatic heterocycles. The summed E-state index contributed by atoms with van der Waals surface area (Å²) in [6.07, 6.45) is 0.